The SMILES string of the molecule is Cc1cc2c(cc1C)-c1cccc(c1)-c1cn3c(c([C@H](OC(C)(C)C)C(=O)O)c(C)cc3n1)N1CCC(C)(CC1)OC/C=C\C[C@H](C)O2. The number of anilines is 1. The van der Waals surface area contributed by atoms with Gasteiger partial charge in [-0.25, -0.2) is 9.78 Å². The summed E-state index contributed by atoms with van der Waals surface area (Å²) in [6, 6.07) is 14.7. The molecular weight excluding hydrogens is 602 g/mol. The number of carboxylic acids is 1. The van der Waals surface area contributed by atoms with Gasteiger partial charge in [-0.05, 0) is 115 Å². The number of hydrogen-bond donors (Lipinski definition) is 1. The lowest BCUT2D eigenvalue weighted by atomic mass is 9.92. The molecular formula is C40H49N3O5. The number of rotatable bonds is 3. The van der Waals surface area contributed by atoms with Crippen LogP contribution in [-0.2, 0) is 14.3 Å². The summed E-state index contributed by atoms with van der Waals surface area (Å²) in [5.74, 6) is 0.656. The third-order valence-corrected chi connectivity index (χ3v) is 9.61. The molecule has 0 spiro atoms. The lowest BCUT2D eigenvalue weighted by Crippen LogP contribution is -2.45. The molecule has 0 amide bonds. The average molecular weight is 652 g/mol. The highest BCUT2D eigenvalue weighted by Crippen LogP contribution is 2.40. The number of pyridine rings is 1. The highest BCUT2D eigenvalue weighted by atomic mass is 16.5. The summed E-state index contributed by atoms with van der Waals surface area (Å²) >= 11 is 0. The van der Waals surface area contributed by atoms with Crippen molar-refractivity contribution in [3.8, 4) is 28.1 Å². The molecule has 3 aliphatic heterocycles. The smallest absolute Gasteiger partial charge is 0.337 e. The number of aryl methyl sites for hydroxylation is 3. The molecule has 1 N–H and O–H groups in total. The van der Waals surface area contributed by atoms with E-state index >= 15 is 0 Å². The molecule has 254 valence electrons. The Bertz CT molecular complexity index is 1860. The number of aromatic nitrogens is 2. The number of hydrogen-bond acceptors (Lipinski definition) is 6. The Morgan fingerprint density at radius 1 is 1.02 bits per heavy atom. The number of nitrogens with zero attached hydrogens (tertiary/aromatic N) is 3. The van der Waals surface area contributed by atoms with Crippen molar-refractivity contribution in [2.24, 2.45) is 0 Å². The fourth-order valence-electron chi connectivity index (χ4n) is 6.78. The van der Waals surface area contributed by atoms with Gasteiger partial charge in [0.05, 0.1) is 29.6 Å². The van der Waals surface area contributed by atoms with Crippen molar-refractivity contribution in [1.29, 1.82) is 0 Å². The van der Waals surface area contributed by atoms with Crippen molar-refractivity contribution in [3.05, 3.63) is 83.1 Å². The second-order valence-electron chi connectivity index (χ2n) is 14.8. The quantitative estimate of drug-likeness (QED) is 0.222. The Morgan fingerprint density at radius 2 is 1.73 bits per heavy atom. The molecule has 0 unspecified atom stereocenters. The Hall–Kier alpha value is -4.14. The second-order valence-corrected chi connectivity index (χ2v) is 14.8. The molecule has 8 nitrogen and oxygen atoms in total. The molecule has 2 atom stereocenters. The van der Waals surface area contributed by atoms with Gasteiger partial charge in [-0.3, -0.25) is 4.40 Å². The Kier molecular flexibility index (Phi) is 9.18. The molecule has 3 aliphatic rings. The van der Waals surface area contributed by atoms with E-state index in [2.05, 4.69) is 85.5 Å². The number of aliphatic carboxylic acids is 1. The number of piperidine rings is 1. The first-order chi connectivity index (χ1) is 22.7. The van der Waals surface area contributed by atoms with Gasteiger partial charge in [-0.2, -0.15) is 0 Å². The largest absolute Gasteiger partial charge is 0.490 e. The first kappa shape index (κ1) is 33.7. The van der Waals surface area contributed by atoms with Crippen LogP contribution in [0.5, 0.6) is 5.75 Å². The summed E-state index contributed by atoms with van der Waals surface area (Å²) in [4.78, 5) is 20.3. The molecule has 48 heavy (non-hydrogen) atoms. The van der Waals surface area contributed by atoms with Crippen LogP contribution < -0.4 is 9.64 Å². The topological polar surface area (TPSA) is 85.5 Å². The third kappa shape index (κ3) is 7.01. The minimum absolute atomic E-state index is 0.0131. The van der Waals surface area contributed by atoms with E-state index in [-0.39, 0.29) is 11.7 Å². The molecule has 7 rings (SSSR count). The van der Waals surface area contributed by atoms with Crippen LogP contribution in [-0.4, -0.2) is 57.5 Å². The van der Waals surface area contributed by atoms with Crippen LogP contribution in [0.1, 0.15) is 82.2 Å². The highest BCUT2D eigenvalue weighted by molar-refractivity contribution is 5.81. The lowest BCUT2D eigenvalue weighted by Gasteiger charge is -2.41. The van der Waals surface area contributed by atoms with Crippen LogP contribution in [0.3, 0.4) is 0 Å². The van der Waals surface area contributed by atoms with E-state index in [4.69, 9.17) is 19.2 Å². The maximum absolute atomic E-state index is 12.9. The van der Waals surface area contributed by atoms with E-state index < -0.39 is 17.7 Å². The monoisotopic (exact) mass is 651 g/mol. The number of benzene rings is 2. The van der Waals surface area contributed by atoms with Gasteiger partial charge < -0.3 is 24.2 Å². The number of ether oxygens (including phenoxy) is 3. The molecule has 0 aliphatic carbocycles. The molecule has 6 bridgehead atoms. The number of carbonyl (C=O) groups is 1. The van der Waals surface area contributed by atoms with E-state index in [1.54, 1.807) is 0 Å². The average Bonchev–Trinajstić information content (AvgIpc) is 3.44. The van der Waals surface area contributed by atoms with Crippen molar-refractivity contribution in [3.63, 3.8) is 0 Å². The van der Waals surface area contributed by atoms with E-state index in [1.165, 1.54) is 11.1 Å². The van der Waals surface area contributed by atoms with Crippen LogP contribution in [0, 0.1) is 20.8 Å². The molecule has 1 saturated heterocycles. The minimum atomic E-state index is -1.15. The third-order valence-electron chi connectivity index (χ3n) is 9.61. The van der Waals surface area contributed by atoms with Crippen LogP contribution in [0.25, 0.3) is 28.0 Å². The summed E-state index contributed by atoms with van der Waals surface area (Å²) in [7, 11) is 0. The van der Waals surface area contributed by atoms with E-state index in [0.29, 0.717) is 25.3 Å². The number of carboxylic acid groups (broad SMARTS) is 1. The van der Waals surface area contributed by atoms with Crippen LogP contribution in [0.4, 0.5) is 5.82 Å². The zero-order valence-corrected chi connectivity index (χ0v) is 29.6. The van der Waals surface area contributed by atoms with E-state index in [9.17, 15) is 9.90 Å². The maximum atomic E-state index is 12.9. The van der Waals surface area contributed by atoms with Crippen molar-refractivity contribution in [2.45, 2.75) is 98.1 Å². The zero-order valence-electron chi connectivity index (χ0n) is 29.6. The summed E-state index contributed by atoms with van der Waals surface area (Å²) in [5.41, 5.74) is 7.53. The fraction of sp³-hybridized carbons (Fsp3) is 0.450. The molecule has 2 aromatic carbocycles. The van der Waals surface area contributed by atoms with Crippen LogP contribution in [0.15, 0.2) is 60.8 Å². The summed E-state index contributed by atoms with van der Waals surface area (Å²) < 4.78 is 21.4. The van der Waals surface area contributed by atoms with E-state index in [1.807, 2.05) is 40.0 Å². The van der Waals surface area contributed by atoms with Crippen LogP contribution in [0.2, 0.25) is 0 Å². The number of imidazole rings is 1. The molecule has 2 aromatic heterocycles. The normalized spacial score (nSPS) is 21.5. The van der Waals surface area contributed by atoms with Crippen molar-refractivity contribution in [2.75, 3.05) is 24.6 Å². The van der Waals surface area contributed by atoms with Gasteiger partial charge >= 0.3 is 5.97 Å². The minimum Gasteiger partial charge on any atom is -0.490 e. The molecule has 0 radical (unpaired) electrons. The van der Waals surface area contributed by atoms with E-state index in [0.717, 1.165) is 64.4 Å². The fourth-order valence-corrected chi connectivity index (χ4v) is 6.78. The van der Waals surface area contributed by atoms with Crippen molar-refractivity contribution >= 4 is 17.4 Å². The van der Waals surface area contributed by atoms with Gasteiger partial charge in [0.1, 0.15) is 17.2 Å². The Balaban J connectivity index is 1.55. The Morgan fingerprint density at radius 3 is 2.44 bits per heavy atom. The summed E-state index contributed by atoms with van der Waals surface area (Å²) in [6.07, 6.45) is 7.48. The zero-order chi connectivity index (χ0) is 34.4. The van der Waals surface area contributed by atoms with Gasteiger partial charge in [0.2, 0.25) is 0 Å². The predicted molar refractivity (Wildman–Crippen MR) is 191 cm³/mol. The first-order valence-electron chi connectivity index (χ1n) is 17.1. The molecule has 0 saturated carbocycles. The summed E-state index contributed by atoms with van der Waals surface area (Å²) in [6.45, 7) is 18.1. The van der Waals surface area contributed by atoms with Gasteiger partial charge in [-0.1, -0.05) is 30.4 Å². The standard InChI is InChI=1S/C40H49N3O5/c1-25-20-31-29-13-11-14-30(23-29)32-24-43-34(41-32)22-27(3)35(36(38(44)45)48-39(5,6)7)37(43)42-17-15-40(8,16-18-42)46-19-10-9-12-28(4)47-33(31)21-26(25)2/h9-11,13-14,20-24,28,36H,12,15-19H2,1-8H3,(H,44,45)/b10-9-/t28-,36-/m0/s1. The van der Waals surface area contributed by atoms with Gasteiger partial charge in [-0.15, -0.1) is 0 Å². The molecule has 5 heterocycles. The second kappa shape index (κ2) is 13.1. The van der Waals surface area contributed by atoms with Crippen LogP contribution >= 0.6 is 0 Å². The van der Waals surface area contributed by atoms with Gasteiger partial charge in [0.15, 0.2) is 6.10 Å². The lowest BCUT2D eigenvalue weighted by molar-refractivity contribution is -0.160. The van der Waals surface area contributed by atoms with Gasteiger partial charge in [0.25, 0.3) is 0 Å². The Labute approximate surface area is 284 Å². The summed E-state index contributed by atoms with van der Waals surface area (Å²) in [5, 5.41) is 10.5. The number of fused-ring (bicyclic) bond motifs is 7. The molecule has 8 heteroatoms. The van der Waals surface area contributed by atoms with Crippen molar-refractivity contribution in [1.82, 2.24) is 9.38 Å². The maximum Gasteiger partial charge on any atom is 0.337 e. The predicted octanol–water partition coefficient (Wildman–Crippen LogP) is 8.64. The van der Waals surface area contributed by atoms with Crippen molar-refractivity contribution < 1.29 is 24.1 Å². The highest BCUT2D eigenvalue weighted by Gasteiger charge is 2.37. The molecule has 4 aromatic rings. The first-order valence-corrected chi connectivity index (χ1v) is 17.1. The van der Waals surface area contributed by atoms with Gasteiger partial charge in [0, 0.05) is 42.4 Å². The molecule has 1 fully saturated rings.